The minimum atomic E-state index is -0.0788. The number of fused-ring (bicyclic) bond motifs is 1. The molecule has 0 fully saturated rings. The first-order valence-corrected chi connectivity index (χ1v) is 7.80. The highest BCUT2D eigenvalue weighted by molar-refractivity contribution is 6.33. The normalized spacial score (nSPS) is 11.2. The van der Waals surface area contributed by atoms with Gasteiger partial charge in [-0.2, -0.15) is 0 Å². The Hall–Kier alpha value is -2.33. The van der Waals surface area contributed by atoms with Crippen LogP contribution in [0, 0.1) is 12.8 Å². The summed E-state index contributed by atoms with van der Waals surface area (Å²) >= 11 is 6.27. The molecule has 0 aliphatic heterocycles. The third-order valence-electron chi connectivity index (χ3n) is 3.53. The van der Waals surface area contributed by atoms with Gasteiger partial charge < -0.3 is 9.73 Å². The van der Waals surface area contributed by atoms with Crippen LogP contribution < -0.4 is 5.32 Å². The number of rotatable bonds is 3. The SMILES string of the molecule is Cc1ccc(-c2nc3cc(NC(=O)C(C)C)ccc3o2)c(Cl)c1. The molecule has 1 heterocycles. The summed E-state index contributed by atoms with van der Waals surface area (Å²) in [7, 11) is 0. The highest BCUT2D eigenvalue weighted by Crippen LogP contribution is 2.31. The number of halogens is 1. The zero-order valence-electron chi connectivity index (χ0n) is 13.2. The maximum Gasteiger partial charge on any atom is 0.228 e. The number of carbonyl (C=O) groups is 1. The monoisotopic (exact) mass is 328 g/mol. The van der Waals surface area contributed by atoms with Crippen LogP contribution in [0.4, 0.5) is 5.69 Å². The largest absolute Gasteiger partial charge is 0.436 e. The molecule has 5 heteroatoms. The minimum Gasteiger partial charge on any atom is -0.436 e. The zero-order valence-corrected chi connectivity index (χ0v) is 13.9. The molecule has 1 N–H and O–H groups in total. The Morgan fingerprint density at radius 1 is 1.22 bits per heavy atom. The van der Waals surface area contributed by atoms with E-state index in [9.17, 15) is 4.79 Å². The first kappa shape index (κ1) is 15.6. The van der Waals surface area contributed by atoms with Crippen LogP contribution in [0.1, 0.15) is 19.4 Å². The van der Waals surface area contributed by atoms with Crippen molar-refractivity contribution in [2.45, 2.75) is 20.8 Å². The Bertz CT molecular complexity index is 884. The molecule has 0 bridgehead atoms. The molecule has 3 rings (SSSR count). The smallest absolute Gasteiger partial charge is 0.228 e. The highest BCUT2D eigenvalue weighted by Gasteiger charge is 2.13. The van der Waals surface area contributed by atoms with E-state index < -0.39 is 0 Å². The third kappa shape index (κ3) is 3.22. The Balaban J connectivity index is 1.97. The number of anilines is 1. The van der Waals surface area contributed by atoms with Crippen molar-refractivity contribution in [2.24, 2.45) is 5.92 Å². The van der Waals surface area contributed by atoms with Crippen molar-refractivity contribution in [3.05, 3.63) is 47.0 Å². The molecule has 0 aliphatic carbocycles. The van der Waals surface area contributed by atoms with E-state index in [0.717, 1.165) is 11.1 Å². The lowest BCUT2D eigenvalue weighted by Crippen LogP contribution is -2.17. The molecule has 1 aromatic heterocycles. The standard InChI is InChI=1S/C18H17ClN2O2/c1-10(2)17(22)20-12-5-7-16-15(9-12)21-18(23-16)13-6-4-11(3)8-14(13)19/h4-10H,1-3H3,(H,20,22). The number of hydrogen-bond acceptors (Lipinski definition) is 3. The van der Waals surface area contributed by atoms with Gasteiger partial charge in [0.1, 0.15) is 5.52 Å². The van der Waals surface area contributed by atoms with Crippen LogP contribution >= 0.6 is 11.6 Å². The van der Waals surface area contributed by atoms with Crippen molar-refractivity contribution in [3.8, 4) is 11.5 Å². The maximum atomic E-state index is 11.8. The van der Waals surface area contributed by atoms with Crippen molar-refractivity contribution in [1.29, 1.82) is 0 Å². The summed E-state index contributed by atoms with van der Waals surface area (Å²) in [5.74, 6) is 0.358. The summed E-state index contributed by atoms with van der Waals surface area (Å²) in [5, 5.41) is 3.46. The van der Waals surface area contributed by atoms with Gasteiger partial charge in [-0.3, -0.25) is 4.79 Å². The molecule has 0 atom stereocenters. The number of nitrogens with zero attached hydrogens (tertiary/aromatic N) is 1. The third-order valence-corrected chi connectivity index (χ3v) is 3.85. The molecular weight excluding hydrogens is 312 g/mol. The van der Waals surface area contributed by atoms with Crippen molar-refractivity contribution in [3.63, 3.8) is 0 Å². The van der Waals surface area contributed by atoms with E-state index >= 15 is 0 Å². The lowest BCUT2D eigenvalue weighted by molar-refractivity contribution is -0.118. The van der Waals surface area contributed by atoms with Crippen LogP contribution in [0.15, 0.2) is 40.8 Å². The quantitative estimate of drug-likeness (QED) is 0.731. The van der Waals surface area contributed by atoms with Crippen LogP contribution in [0.2, 0.25) is 5.02 Å². The van der Waals surface area contributed by atoms with E-state index in [4.69, 9.17) is 16.0 Å². The zero-order chi connectivity index (χ0) is 16.6. The second-order valence-electron chi connectivity index (χ2n) is 5.83. The molecule has 0 saturated heterocycles. The number of carbonyl (C=O) groups excluding carboxylic acids is 1. The fourth-order valence-electron chi connectivity index (χ4n) is 2.20. The molecule has 118 valence electrons. The summed E-state index contributed by atoms with van der Waals surface area (Å²) in [6.07, 6.45) is 0. The van der Waals surface area contributed by atoms with Crippen LogP contribution in [0.25, 0.3) is 22.6 Å². The van der Waals surface area contributed by atoms with Gasteiger partial charge in [0.25, 0.3) is 0 Å². The van der Waals surface area contributed by atoms with Gasteiger partial charge in [0, 0.05) is 11.6 Å². The summed E-state index contributed by atoms with van der Waals surface area (Å²) < 4.78 is 5.77. The van der Waals surface area contributed by atoms with Crippen LogP contribution in [0.3, 0.4) is 0 Å². The van der Waals surface area contributed by atoms with Gasteiger partial charge in [0.05, 0.1) is 10.6 Å². The first-order chi connectivity index (χ1) is 10.9. The summed E-state index contributed by atoms with van der Waals surface area (Å²) in [6.45, 7) is 5.67. The van der Waals surface area contributed by atoms with Gasteiger partial charge in [0.15, 0.2) is 5.58 Å². The summed E-state index contributed by atoms with van der Waals surface area (Å²) in [4.78, 5) is 16.3. The Labute approximate surface area is 139 Å². The Morgan fingerprint density at radius 2 is 2.00 bits per heavy atom. The van der Waals surface area contributed by atoms with Gasteiger partial charge in [-0.1, -0.05) is 31.5 Å². The van der Waals surface area contributed by atoms with Crippen molar-refractivity contribution >= 4 is 34.3 Å². The second-order valence-corrected chi connectivity index (χ2v) is 6.24. The molecule has 0 aliphatic rings. The van der Waals surface area contributed by atoms with Gasteiger partial charge in [-0.05, 0) is 42.8 Å². The molecule has 1 amide bonds. The lowest BCUT2D eigenvalue weighted by atomic mass is 10.1. The van der Waals surface area contributed by atoms with Crippen LogP contribution in [-0.4, -0.2) is 10.9 Å². The number of hydrogen-bond donors (Lipinski definition) is 1. The topological polar surface area (TPSA) is 55.1 Å². The number of aryl methyl sites for hydroxylation is 1. The van der Waals surface area contributed by atoms with Gasteiger partial charge in [-0.25, -0.2) is 4.98 Å². The van der Waals surface area contributed by atoms with Crippen LogP contribution in [-0.2, 0) is 4.79 Å². The fraction of sp³-hybridized carbons (Fsp3) is 0.222. The highest BCUT2D eigenvalue weighted by atomic mass is 35.5. The number of benzene rings is 2. The molecule has 4 nitrogen and oxygen atoms in total. The van der Waals surface area contributed by atoms with Crippen molar-refractivity contribution < 1.29 is 9.21 Å². The van der Waals surface area contributed by atoms with E-state index in [1.165, 1.54) is 0 Å². The minimum absolute atomic E-state index is 0.0327. The number of oxazole rings is 1. The summed E-state index contributed by atoms with van der Waals surface area (Å²) in [5.41, 5.74) is 3.86. The predicted octanol–water partition coefficient (Wildman–Crippen LogP) is 5.05. The fourth-order valence-corrected chi connectivity index (χ4v) is 2.52. The molecule has 23 heavy (non-hydrogen) atoms. The van der Waals surface area contributed by atoms with Crippen molar-refractivity contribution in [2.75, 3.05) is 5.32 Å². The van der Waals surface area contributed by atoms with E-state index in [0.29, 0.717) is 27.7 Å². The van der Waals surface area contributed by atoms with E-state index in [1.54, 1.807) is 18.2 Å². The molecule has 0 unspecified atom stereocenters. The molecular formula is C18H17ClN2O2. The van der Waals surface area contributed by atoms with E-state index in [2.05, 4.69) is 10.3 Å². The number of amides is 1. The number of nitrogens with one attached hydrogen (secondary N) is 1. The Morgan fingerprint density at radius 3 is 2.70 bits per heavy atom. The van der Waals surface area contributed by atoms with E-state index in [-0.39, 0.29) is 11.8 Å². The van der Waals surface area contributed by atoms with Gasteiger partial charge >= 0.3 is 0 Å². The summed E-state index contributed by atoms with van der Waals surface area (Å²) in [6, 6.07) is 11.1. The number of aromatic nitrogens is 1. The molecule has 2 aromatic carbocycles. The van der Waals surface area contributed by atoms with E-state index in [1.807, 2.05) is 39.0 Å². The molecule has 0 spiro atoms. The van der Waals surface area contributed by atoms with Gasteiger partial charge in [0.2, 0.25) is 11.8 Å². The average molecular weight is 329 g/mol. The average Bonchev–Trinajstić information content (AvgIpc) is 2.89. The lowest BCUT2D eigenvalue weighted by Gasteiger charge is -2.06. The predicted molar refractivity (Wildman–Crippen MR) is 92.7 cm³/mol. The molecule has 3 aromatic rings. The van der Waals surface area contributed by atoms with Crippen LogP contribution in [0.5, 0.6) is 0 Å². The van der Waals surface area contributed by atoms with Crippen molar-refractivity contribution in [1.82, 2.24) is 4.98 Å². The van der Waals surface area contributed by atoms with Gasteiger partial charge in [-0.15, -0.1) is 0 Å². The second kappa shape index (κ2) is 6.05. The maximum absolute atomic E-state index is 11.8. The Kier molecular flexibility index (Phi) is 4.09. The molecule has 0 saturated carbocycles. The first-order valence-electron chi connectivity index (χ1n) is 7.42. The molecule has 0 radical (unpaired) electrons.